The van der Waals surface area contributed by atoms with Gasteiger partial charge in [0.2, 0.25) is 0 Å². The average molecular weight is 303 g/mol. The van der Waals surface area contributed by atoms with E-state index in [0.29, 0.717) is 16.1 Å². The molecule has 108 valence electrons. The van der Waals surface area contributed by atoms with Crippen molar-refractivity contribution in [1.82, 2.24) is 5.43 Å². The number of halogens is 1. The smallest absolute Gasteiger partial charge is 0.272 e. The highest BCUT2D eigenvalue weighted by molar-refractivity contribution is 6.33. The number of phenols is 1. The van der Waals surface area contributed by atoms with E-state index < -0.39 is 5.91 Å². The third-order valence-electron chi connectivity index (χ3n) is 2.92. The Bertz CT molecular complexity index is 711. The van der Waals surface area contributed by atoms with E-state index in [0.717, 1.165) is 11.1 Å². The topological polar surface area (TPSA) is 61.7 Å². The quantitative estimate of drug-likeness (QED) is 0.674. The third kappa shape index (κ3) is 3.83. The average Bonchev–Trinajstić information content (AvgIpc) is 2.41. The predicted molar refractivity (Wildman–Crippen MR) is 84.1 cm³/mol. The number of carbonyl (C=O) groups excluding carboxylic acids is 1. The Morgan fingerprint density at radius 1 is 1.19 bits per heavy atom. The number of aromatic hydroxyl groups is 1. The molecule has 2 rings (SSSR count). The second kappa shape index (κ2) is 6.41. The monoisotopic (exact) mass is 302 g/mol. The van der Waals surface area contributed by atoms with Gasteiger partial charge in [-0.3, -0.25) is 4.79 Å². The molecule has 0 unspecified atom stereocenters. The van der Waals surface area contributed by atoms with Gasteiger partial charge in [-0.15, -0.1) is 0 Å². The largest absolute Gasteiger partial charge is 0.507 e. The molecule has 2 aromatic carbocycles. The number of amides is 1. The van der Waals surface area contributed by atoms with Crippen LogP contribution in [0.15, 0.2) is 41.5 Å². The Morgan fingerprint density at radius 2 is 1.86 bits per heavy atom. The summed E-state index contributed by atoms with van der Waals surface area (Å²) >= 11 is 6.01. The minimum atomic E-state index is -0.400. The highest BCUT2D eigenvalue weighted by Crippen LogP contribution is 2.18. The van der Waals surface area contributed by atoms with Crippen LogP contribution in [0.1, 0.15) is 27.0 Å². The lowest BCUT2D eigenvalue weighted by Gasteiger charge is -2.04. The standard InChI is InChI=1S/C16H15ClN2O2/c1-10-4-6-13(14(17)7-10)16(21)19-18-9-12-5-3-11(2)8-15(12)20/h3-9,20H,1-2H3,(H,19,21)/b18-9+. The number of phenolic OH excluding ortho intramolecular Hbond substituents is 1. The fraction of sp³-hybridized carbons (Fsp3) is 0.125. The highest BCUT2D eigenvalue weighted by atomic mass is 35.5. The van der Waals surface area contributed by atoms with Crippen LogP contribution in [0.4, 0.5) is 0 Å². The number of carbonyl (C=O) groups is 1. The summed E-state index contributed by atoms with van der Waals surface area (Å²) in [6.45, 7) is 3.77. The number of hydrogen-bond donors (Lipinski definition) is 2. The fourth-order valence-corrected chi connectivity index (χ4v) is 2.11. The molecule has 0 atom stereocenters. The van der Waals surface area contributed by atoms with Gasteiger partial charge in [-0.25, -0.2) is 5.43 Å². The number of nitrogens with one attached hydrogen (secondary N) is 1. The first kappa shape index (κ1) is 15.1. The summed E-state index contributed by atoms with van der Waals surface area (Å²) in [5.41, 5.74) is 5.18. The number of nitrogens with zero attached hydrogens (tertiary/aromatic N) is 1. The minimum Gasteiger partial charge on any atom is -0.507 e. The third-order valence-corrected chi connectivity index (χ3v) is 3.24. The maximum absolute atomic E-state index is 11.9. The van der Waals surface area contributed by atoms with Crippen molar-refractivity contribution in [2.24, 2.45) is 5.10 Å². The van der Waals surface area contributed by atoms with Crippen LogP contribution in [0.25, 0.3) is 0 Å². The van der Waals surface area contributed by atoms with Crippen molar-refractivity contribution in [3.8, 4) is 5.75 Å². The minimum absolute atomic E-state index is 0.112. The lowest BCUT2D eigenvalue weighted by molar-refractivity contribution is 0.0955. The first-order valence-corrected chi connectivity index (χ1v) is 6.74. The van der Waals surface area contributed by atoms with Crippen molar-refractivity contribution in [1.29, 1.82) is 0 Å². The maximum atomic E-state index is 11.9. The van der Waals surface area contributed by atoms with Gasteiger partial charge in [0, 0.05) is 5.56 Å². The number of aryl methyl sites for hydroxylation is 2. The Hall–Kier alpha value is -2.33. The zero-order chi connectivity index (χ0) is 15.4. The first-order chi connectivity index (χ1) is 9.97. The molecule has 2 N–H and O–H groups in total. The van der Waals surface area contributed by atoms with Crippen molar-refractivity contribution in [2.45, 2.75) is 13.8 Å². The number of rotatable bonds is 3. The van der Waals surface area contributed by atoms with Crippen LogP contribution in [-0.2, 0) is 0 Å². The Balaban J connectivity index is 2.08. The molecular formula is C16H15ClN2O2. The second-order valence-electron chi connectivity index (χ2n) is 4.74. The molecule has 4 nitrogen and oxygen atoms in total. The molecule has 0 aromatic heterocycles. The first-order valence-electron chi connectivity index (χ1n) is 6.36. The van der Waals surface area contributed by atoms with Gasteiger partial charge in [0.25, 0.3) is 5.91 Å². The lowest BCUT2D eigenvalue weighted by Crippen LogP contribution is -2.18. The molecule has 2 aromatic rings. The van der Waals surface area contributed by atoms with Gasteiger partial charge in [0.05, 0.1) is 16.8 Å². The van der Waals surface area contributed by atoms with Gasteiger partial charge in [0.15, 0.2) is 0 Å². The van der Waals surface area contributed by atoms with Gasteiger partial charge in [0.1, 0.15) is 5.75 Å². The SMILES string of the molecule is Cc1ccc(/C=N/NC(=O)c2ccc(C)cc2Cl)c(O)c1. The number of hydrogen-bond acceptors (Lipinski definition) is 3. The zero-order valence-electron chi connectivity index (χ0n) is 11.7. The molecule has 1 amide bonds. The number of benzene rings is 2. The van der Waals surface area contributed by atoms with Gasteiger partial charge in [-0.05, 0) is 49.2 Å². The van der Waals surface area contributed by atoms with Crippen LogP contribution in [0, 0.1) is 13.8 Å². The summed E-state index contributed by atoms with van der Waals surface area (Å²) in [5.74, 6) is -0.288. The van der Waals surface area contributed by atoms with Crippen molar-refractivity contribution >= 4 is 23.7 Å². The van der Waals surface area contributed by atoms with E-state index in [1.54, 1.807) is 30.3 Å². The molecule has 21 heavy (non-hydrogen) atoms. The zero-order valence-corrected chi connectivity index (χ0v) is 12.5. The van der Waals surface area contributed by atoms with Crippen molar-refractivity contribution in [3.63, 3.8) is 0 Å². The van der Waals surface area contributed by atoms with E-state index in [2.05, 4.69) is 10.5 Å². The molecule has 0 spiro atoms. The van der Waals surface area contributed by atoms with E-state index in [-0.39, 0.29) is 5.75 Å². The molecule has 0 saturated heterocycles. The van der Waals surface area contributed by atoms with Crippen LogP contribution in [0.3, 0.4) is 0 Å². The summed E-state index contributed by atoms with van der Waals surface area (Å²) in [6, 6.07) is 10.4. The summed E-state index contributed by atoms with van der Waals surface area (Å²) in [6.07, 6.45) is 1.38. The van der Waals surface area contributed by atoms with E-state index in [4.69, 9.17) is 11.6 Å². The fourth-order valence-electron chi connectivity index (χ4n) is 1.79. The molecule has 5 heteroatoms. The van der Waals surface area contributed by atoms with Gasteiger partial charge in [-0.1, -0.05) is 23.7 Å². The highest BCUT2D eigenvalue weighted by Gasteiger charge is 2.09. The van der Waals surface area contributed by atoms with Crippen molar-refractivity contribution in [2.75, 3.05) is 0 Å². The molecule has 0 aliphatic rings. The lowest BCUT2D eigenvalue weighted by atomic mass is 10.1. The Morgan fingerprint density at radius 3 is 2.52 bits per heavy atom. The van der Waals surface area contributed by atoms with E-state index in [9.17, 15) is 9.90 Å². The van der Waals surface area contributed by atoms with E-state index in [1.165, 1.54) is 6.21 Å². The summed E-state index contributed by atoms with van der Waals surface area (Å²) in [4.78, 5) is 11.9. The molecule has 0 heterocycles. The van der Waals surface area contributed by atoms with Crippen LogP contribution >= 0.6 is 11.6 Å². The molecule has 0 fully saturated rings. The van der Waals surface area contributed by atoms with Gasteiger partial charge >= 0.3 is 0 Å². The van der Waals surface area contributed by atoms with Crippen LogP contribution < -0.4 is 5.43 Å². The summed E-state index contributed by atoms with van der Waals surface area (Å²) in [7, 11) is 0. The second-order valence-corrected chi connectivity index (χ2v) is 5.15. The normalized spacial score (nSPS) is 10.8. The maximum Gasteiger partial charge on any atom is 0.272 e. The molecule has 0 saturated carbocycles. The van der Waals surface area contributed by atoms with Crippen molar-refractivity contribution in [3.05, 3.63) is 63.7 Å². The molecule has 0 aliphatic carbocycles. The van der Waals surface area contributed by atoms with Crippen LogP contribution in [0.2, 0.25) is 5.02 Å². The van der Waals surface area contributed by atoms with E-state index in [1.807, 2.05) is 19.9 Å². The Kier molecular flexibility index (Phi) is 4.60. The van der Waals surface area contributed by atoms with Crippen LogP contribution in [-0.4, -0.2) is 17.2 Å². The molecule has 0 bridgehead atoms. The predicted octanol–water partition coefficient (Wildman–Crippen LogP) is 3.43. The van der Waals surface area contributed by atoms with E-state index >= 15 is 0 Å². The van der Waals surface area contributed by atoms with Gasteiger partial charge in [-0.2, -0.15) is 5.10 Å². The molecule has 0 aliphatic heterocycles. The van der Waals surface area contributed by atoms with Crippen molar-refractivity contribution < 1.29 is 9.90 Å². The summed E-state index contributed by atoms with van der Waals surface area (Å²) < 4.78 is 0. The van der Waals surface area contributed by atoms with Crippen LogP contribution in [0.5, 0.6) is 5.75 Å². The molecule has 0 radical (unpaired) electrons. The summed E-state index contributed by atoms with van der Waals surface area (Å²) in [5, 5.41) is 13.9. The Labute approximate surface area is 128 Å². The van der Waals surface area contributed by atoms with Gasteiger partial charge < -0.3 is 5.11 Å². The molecular weight excluding hydrogens is 288 g/mol. The number of hydrazone groups is 1.